The topological polar surface area (TPSA) is 33.0 Å². The average molecular weight is 199 g/mol. The maximum Gasteiger partial charge on any atom is 0.0815 e. The summed E-state index contributed by atoms with van der Waals surface area (Å²) in [6.45, 7) is 6.87. The van der Waals surface area contributed by atoms with Crippen molar-refractivity contribution in [2.24, 2.45) is 0 Å². The Hall–Kier alpha value is -0.333. The van der Waals surface area contributed by atoms with Crippen molar-refractivity contribution in [3.05, 3.63) is 0 Å². The van der Waals surface area contributed by atoms with E-state index in [9.17, 15) is 0 Å². The third kappa shape index (κ3) is 4.44. The van der Waals surface area contributed by atoms with Crippen LogP contribution in [0, 0.1) is 11.3 Å². The van der Waals surface area contributed by atoms with Crippen molar-refractivity contribution in [1.82, 2.24) is 0 Å². The number of ether oxygens (including phenoxy) is 1. The highest BCUT2D eigenvalue weighted by Gasteiger charge is 2.29. The summed E-state index contributed by atoms with van der Waals surface area (Å²) < 4.78 is 5.47. The summed E-state index contributed by atoms with van der Waals surface area (Å²) in [5.41, 5.74) is 0.450. The van der Waals surface area contributed by atoms with E-state index in [-0.39, 0.29) is 0 Å². The lowest BCUT2D eigenvalue weighted by Crippen LogP contribution is -2.42. The molecule has 13 heavy (non-hydrogen) atoms. The Morgan fingerprint density at radius 3 is 2.46 bits per heavy atom. The highest BCUT2D eigenvalue weighted by atomic mass is 28.3. The Labute approximate surface area is 82.9 Å². The van der Waals surface area contributed by atoms with E-state index in [0.29, 0.717) is 12.1 Å². The minimum Gasteiger partial charge on any atom is -0.385 e. The number of nitriles is 1. The van der Waals surface area contributed by atoms with Crippen molar-refractivity contribution in [3.8, 4) is 6.07 Å². The molecule has 0 aromatic rings. The van der Waals surface area contributed by atoms with Gasteiger partial charge in [0.05, 0.1) is 14.1 Å². The molecule has 0 aliphatic carbocycles. The average Bonchev–Trinajstić information content (AvgIpc) is 2.06. The maximum absolute atomic E-state index is 8.45. The van der Waals surface area contributed by atoms with E-state index in [1.807, 2.05) is 0 Å². The van der Waals surface area contributed by atoms with Gasteiger partial charge in [0.15, 0.2) is 0 Å². The van der Waals surface area contributed by atoms with Gasteiger partial charge in [0.1, 0.15) is 0 Å². The molecule has 1 atom stereocenters. The molecule has 0 spiro atoms. The van der Waals surface area contributed by atoms with Crippen molar-refractivity contribution in [2.75, 3.05) is 7.11 Å². The van der Waals surface area contributed by atoms with E-state index in [2.05, 4.69) is 26.1 Å². The molecule has 0 fully saturated rings. The van der Waals surface area contributed by atoms with E-state index >= 15 is 0 Å². The van der Waals surface area contributed by atoms with Crippen LogP contribution < -0.4 is 0 Å². The molecule has 0 N–H and O–H groups in total. The van der Waals surface area contributed by atoms with Gasteiger partial charge >= 0.3 is 0 Å². The fraction of sp³-hybridized carbons (Fsp3) is 0.900. The van der Waals surface area contributed by atoms with E-state index in [0.717, 1.165) is 12.8 Å². The summed E-state index contributed by atoms with van der Waals surface area (Å²) in [4.78, 5) is 0. The zero-order chi connectivity index (χ0) is 10.3. The summed E-state index contributed by atoms with van der Waals surface area (Å²) in [5.74, 6) is 0. The molecule has 3 heteroatoms. The van der Waals surface area contributed by atoms with Crippen LogP contribution in [0.4, 0.5) is 0 Å². The molecule has 1 unspecified atom stereocenters. The quantitative estimate of drug-likeness (QED) is 0.487. The summed E-state index contributed by atoms with van der Waals surface area (Å²) in [6, 6.07) is 3.40. The third-order valence-corrected chi connectivity index (χ3v) is 6.67. The predicted octanol–water partition coefficient (Wildman–Crippen LogP) is 2.96. The highest BCUT2D eigenvalue weighted by Crippen LogP contribution is 2.21. The Balaban J connectivity index is 3.97. The summed E-state index contributed by atoms with van der Waals surface area (Å²) in [7, 11) is 0.555. The molecule has 0 rings (SSSR count). The van der Waals surface area contributed by atoms with Gasteiger partial charge in [-0.25, -0.2) is 0 Å². The van der Waals surface area contributed by atoms with E-state index in [4.69, 9.17) is 10.00 Å². The van der Waals surface area contributed by atoms with Crippen LogP contribution in [0.2, 0.25) is 19.1 Å². The lowest BCUT2D eigenvalue weighted by molar-refractivity contribution is 0.154. The van der Waals surface area contributed by atoms with Crippen LogP contribution in [0.5, 0.6) is 0 Å². The van der Waals surface area contributed by atoms with Crippen LogP contribution in [-0.2, 0) is 4.74 Å². The molecule has 0 saturated heterocycles. The van der Waals surface area contributed by atoms with Gasteiger partial charge in [-0.3, -0.25) is 0 Å². The van der Waals surface area contributed by atoms with Gasteiger partial charge in [0, 0.05) is 19.3 Å². The van der Waals surface area contributed by atoms with Crippen LogP contribution in [0.3, 0.4) is 0 Å². The number of hydrogen-bond donors (Lipinski definition) is 0. The van der Waals surface area contributed by atoms with Gasteiger partial charge in [-0.05, 0) is 12.8 Å². The molecule has 0 heterocycles. The molecule has 2 nitrogen and oxygen atoms in total. The fourth-order valence-electron chi connectivity index (χ4n) is 1.82. The van der Waals surface area contributed by atoms with Gasteiger partial charge in [0.2, 0.25) is 0 Å². The monoisotopic (exact) mass is 199 g/mol. The molecule has 0 saturated carbocycles. The van der Waals surface area contributed by atoms with Crippen molar-refractivity contribution >= 4 is 8.07 Å². The van der Waals surface area contributed by atoms with Gasteiger partial charge in [0.25, 0.3) is 0 Å². The third-order valence-electron chi connectivity index (χ3n) is 2.64. The summed E-state index contributed by atoms with van der Waals surface area (Å²) in [5, 5.41) is 8.45. The second kappa shape index (κ2) is 6.17. The first-order chi connectivity index (χ1) is 6.08. The second-order valence-corrected chi connectivity index (χ2v) is 9.25. The minimum atomic E-state index is -1.24. The Kier molecular flexibility index (Phi) is 6.01. The van der Waals surface area contributed by atoms with Crippen LogP contribution >= 0.6 is 0 Å². The Morgan fingerprint density at radius 2 is 2.08 bits per heavy atom. The van der Waals surface area contributed by atoms with Gasteiger partial charge in [-0.15, -0.1) is 0 Å². The van der Waals surface area contributed by atoms with Crippen molar-refractivity contribution in [2.45, 2.75) is 51.1 Å². The van der Waals surface area contributed by atoms with Crippen LogP contribution in [0.1, 0.15) is 26.2 Å². The lowest BCUT2D eigenvalue weighted by atomic mass is 10.4. The zero-order valence-electron chi connectivity index (χ0n) is 9.26. The standard InChI is InChI=1S/C10H21NOSi/c1-5-10(12-2)13(3,4)9-7-6-8-11/h10H,5-7,9H2,1-4H3. The van der Waals surface area contributed by atoms with Gasteiger partial charge in [-0.2, -0.15) is 5.26 Å². The molecule has 0 radical (unpaired) electrons. The number of hydrogen-bond acceptors (Lipinski definition) is 2. The lowest BCUT2D eigenvalue weighted by Gasteiger charge is -2.30. The highest BCUT2D eigenvalue weighted by molar-refractivity contribution is 6.78. The van der Waals surface area contributed by atoms with Gasteiger partial charge < -0.3 is 4.74 Å². The molecular weight excluding hydrogens is 178 g/mol. The first kappa shape index (κ1) is 12.7. The van der Waals surface area contributed by atoms with Crippen LogP contribution in [0.15, 0.2) is 0 Å². The van der Waals surface area contributed by atoms with E-state index in [1.165, 1.54) is 6.04 Å². The molecule has 0 aromatic carbocycles. The molecule has 0 aromatic heterocycles. The number of methoxy groups -OCH3 is 1. The molecule has 0 amide bonds. The molecule has 0 bridgehead atoms. The molecule has 0 aliphatic heterocycles. The van der Waals surface area contributed by atoms with E-state index in [1.54, 1.807) is 7.11 Å². The molecule has 0 aliphatic rings. The maximum atomic E-state index is 8.45. The largest absolute Gasteiger partial charge is 0.385 e. The molecule has 76 valence electrons. The Bertz CT molecular complexity index is 170. The number of rotatable bonds is 6. The normalized spacial score (nSPS) is 13.8. The van der Waals surface area contributed by atoms with E-state index < -0.39 is 8.07 Å². The number of unbranched alkanes of at least 4 members (excludes halogenated alkanes) is 1. The second-order valence-electron chi connectivity index (χ2n) is 4.13. The smallest absolute Gasteiger partial charge is 0.0815 e. The number of nitrogens with zero attached hydrogens (tertiary/aromatic N) is 1. The summed E-state index contributed by atoms with van der Waals surface area (Å²) >= 11 is 0. The predicted molar refractivity (Wildman–Crippen MR) is 58.2 cm³/mol. The van der Waals surface area contributed by atoms with Crippen LogP contribution in [-0.4, -0.2) is 20.9 Å². The summed E-state index contributed by atoms with van der Waals surface area (Å²) in [6.07, 6.45) is 2.83. The van der Waals surface area contributed by atoms with Crippen molar-refractivity contribution in [1.29, 1.82) is 5.26 Å². The Morgan fingerprint density at radius 1 is 1.46 bits per heavy atom. The zero-order valence-corrected chi connectivity index (χ0v) is 10.3. The first-order valence-corrected chi connectivity index (χ1v) is 8.26. The minimum absolute atomic E-state index is 0.450. The van der Waals surface area contributed by atoms with Crippen molar-refractivity contribution in [3.63, 3.8) is 0 Å². The van der Waals surface area contributed by atoms with Crippen molar-refractivity contribution < 1.29 is 4.74 Å². The fourth-order valence-corrected chi connectivity index (χ4v) is 4.98. The first-order valence-electron chi connectivity index (χ1n) is 4.98. The van der Waals surface area contributed by atoms with Crippen LogP contribution in [0.25, 0.3) is 0 Å². The molecular formula is C10H21NOSi. The SMILES string of the molecule is CCC(OC)[Si](C)(C)CCCC#N. The van der Waals surface area contributed by atoms with Gasteiger partial charge in [-0.1, -0.05) is 26.1 Å².